The molecule has 0 amide bonds. The number of likely N-dealkylation sites (tertiary alicyclic amines) is 1. The van der Waals surface area contributed by atoms with Crippen molar-refractivity contribution in [2.24, 2.45) is 5.92 Å². The van der Waals surface area contributed by atoms with E-state index in [1.807, 2.05) is 36.4 Å². The van der Waals surface area contributed by atoms with Gasteiger partial charge in [-0.15, -0.1) is 0 Å². The Kier molecular flexibility index (Phi) is 5.48. The maximum Gasteiger partial charge on any atom is 0.183 e. The van der Waals surface area contributed by atoms with Crippen LogP contribution < -0.4 is 14.8 Å². The van der Waals surface area contributed by atoms with Gasteiger partial charge < -0.3 is 14.8 Å². The monoisotopic (exact) mass is 429 g/mol. The molecule has 1 saturated heterocycles. The smallest absolute Gasteiger partial charge is 0.183 e. The van der Waals surface area contributed by atoms with E-state index in [0.29, 0.717) is 12.5 Å². The number of piperidine rings is 1. The van der Waals surface area contributed by atoms with Crippen LogP contribution in [0.2, 0.25) is 5.02 Å². The van der Waals surface area contributed by atoms with E-state index < -0.39 is 0 Å². The van der Waals surface area contributed by atoms with Crippen molar-refractivity contribution < 1.29 is 9.47 Å². The summed E-state index contributed by atoms with van der Waals surface area (Å²) in [5.74, 6) is 2.38. The van der Waals surface area contributed by atoms with Gasteiger partial charge in [-0.25, -0.2) is 4.98 Å². The zero-order chi connectivity index (χ0) is 19.6. The summed E-state index contributed by atoms with van der Waals surface area (Å²) in [4.78, 5) is 7.14. The fourth-order valence-corrected chi connectivity index (χ4v) is 5.21. The van der Waals surface area contributed by atoms with Crippen LogP contribution in [-0.4, -0.2) is 48.8 Å². The Bertz CT molecular complexity index is 987. The first-order valence-electron chi connectivity index (χ1n) is 10.1. The molecule has 0 aliphatic carbocycles. The lowest BCUT2D eigenvalue weighted by atomic mass is 9.96. The van der Waals surface area contributed by atoms with Crippen LogP contribution in [0.3, 0.4) is 0 Å². The van der Waals surface area contributed by atoms with Crippen molar-refractivity contribution in [1.29, 1.82) is 0 Å². The number of rotatable bonds is 5. The highest BCUT2D eigenvalue weighted by Crippen LogP contribution is 2.32. The number of hydrogen-bond acceptors (Lipinski definition) is 6. The molecule has 3 heterocycles. The normalized spacial score (nSPS) is 20.1. The van der Waals surface area contributed by atoms with E-state index >= 15 is 0 Å². The highest BCUT2D eigenvalue weighted by molar-refractivity contribution is 7.22. The van der Waals surface area contributed by atoms with Crippen LogP contribution in [-0.2, 0) is 0 Å². The van der Waals surface area contributed by atoms with Gasteiger partial charge in [-0.3, -0.25) is 4.90 Å². The number of anilines is 1. The number of nitrogens with one attached hydrogen (secondary N) is 1. The van der Waals surface area contributed by atoms with Crippen LogP contribution in [0.1, 0.15) is 12.8 Å². The van der Waals surface area contributed by atoms with Gasteiger partial charge in [0, 0.05) is 13.1 Å². The van der Waals surface area contributed by atoms with E-state index in [1.165, 1.54) is 12.8 Å². The molecule has 1 fully saturated rings. The average molecular weight is 430 g/mol. The van der Waals surface area contributed by atoms with Crippen molar-refractivity contribution in [3.63, 3.8) is 0 Å². The first-order chi connectivity index (χ1) is 14.2. The third-order valence-electron chi connectivity index (χ3n) is 5.65. The Morgan fingerprint density at radius 2 is 1.93 bits per heavy atom. The SMILES string of the molecule is Clc1cccc2sc(NCC3CCN(CC4COc5ccccc5O4)CC3)nc12. The topological polar surface area (TPSA) is 46.6 Å². The van der Waals surface area contributed by atoms with Crippen molar-refractivity contribution in [1.82, 2.24) is 9.88 Å². The van der Waals surface area contributed by atoms with Gasteiger partial charge in [0.1, 0.15) is 18.2 Å². The Morgan fingerprint density at radius 3 is 2.76 bits per heavy atom. The third-order valence-corrected chi connectivity index (χ3v) is 6.93. The largest absolute Gasteiger partial charge is 0.486 e. The van der Waals surface area contributed by atoms with Gasteiger partial charge in [-0.1, -0.05) is 41.1 Å². The number of para-hydroxylation sites is 3. The van der Waals surface area contributed by atoms with Crippen LogP contribution in [0.15, 0.2) is 42.5 Å². The van der Waals surface area contributed by atoms with Gasteiger partial charge in [-0.05, 0) is 56.1 Å². The van der Waals surface area contributed by atoms with Crippen molar-refractivity contribution in [3.05, 3.63) is 47.5 Å². The molecule has 5 nitrogen and oxygen atoms in total. The minimum absolute atomic E-state index is 0.104. The first-order valence-corrected chi connectivity index (χ1v) is 11.3. The molecule has 0 saturated carbocycles. The summed E-state index contributed by atoms with van der Waals surface area (Å²) in [5.41, 5.74) is 0.896. The predicted molar refractivity (Wildman–Crippen MR) is 119 cm³/mol. The molecule has 0 bridgehead atoms. The standard InChI is InChI=1S/C22H24ClN3O2S/c23-17-4-3-7-20-21(17)25-22(29-20)24-12-15-8-10-26(11-9-15)13-16-14-27-18-5-1-2-6-19(18)28-16/h1-7,15-16H,8-14H2,(H,24,25). The predicted octanol–water partition coefficient (Wildman–Crippen LogP) is 4.91. The molecule has 5 rings (SSSR count). The molecule has 2 aliphatic rings. The fraction of sp³-hybridized carbons (Fsp3) is 0.409. The summed E-state index contributed by atoms with van der Waals surface area (Å²) >= 11 is 7.91. The Hall–Kier alpha value is -2.02. The Morgan fingerprint density at radius 1 is 1.10 bits per heavy atom. The molecular weight excluding hydrogens is 406 g/mol. The summed E-state index contributed by atoms with van der Waals surface area (Å²) in [6, 6.07) is 13.8. The molecule has 1 unspecified atom stereocenters. The molecule has 1 N–H and O–H groups in total. The van der Waals surface area contributed by atoms with E-state index in [-0.39, 0.29) is 6.10 Å². The van der Waals surface area contributed by atoms with Gasteiger partial charge in [0.25, 0.3) is 0 Å². The summed E-state index contributed by atoms with van der Waals surface area (Å²) in [6.07, 6.45) is 2.47. The minimum Gasteiger partial charge on any atom is -0.486 e. The number of hydrogen-bond donors (Lipinski definition) is 1. The van der Waals surface area contributed by atoms with Gasteiger partial charge in [0.15, 0.2) is 16.6 Å². The molecule has 0 radical (unpaired) electrons. The lowest BCUT2D eigenvalue weighted by Gasteiger charge is -2.35. The number of thiazole rings is 1. The van der Waals surface area contributed by atoms with Crippen molar-refractivity contribution in [2.45, 2.75) is 18.9 Å². The maximum atomic E-state index is 6.23. The molecular formula is C22H24ClN3O2S. The van der Waals surface area contributed by atoms with E-state index in [1.54, 1.807) is 11.3 Å². The summed E-state index contributed by atoms with van der Waals surface area (Å²) in [7, 11) is 0. The van der Waals surface area contributed by atoms with Crippen LogP contribution >= 0.6 is 22.9 Å². The lowest BCUT2D eigenvalue weighted by Crippen LogP contribution is -2.44. The Balaban J connectivity index is 1.09. The molecule has 1 aromatic heterocycles. The Labute approximate surface area is 179 Å². The number of nitrogens with zero attached hydrogens (tertiary/aromatic N) is 2. The second-order valence-corrected chi connectivity index (χ2v) is 9.17. The van der Waals surface area contributed by atoms with E-state index in [2.05, 4.69) is 21.3 Å². The molecule has 1 atom stereocenters. The van der Waals surface area contributed by atoms with Crippen LogP contribution in [0.5, 0.6) is 11.5 Å². The summed E-state index contributed by atoms with van der Waals surface area (Å²) < 4.78 is 13.1. The molecule has 3 aromatic rings. The summed E-state index contributed by atoms with van der Waals surface area (Å²) in [5, 5.41) is 5.20. The van der Waals surface area contributed by atoms with Crippen LogP contribution in [0.25, 0.3) is 10.2 Å². The number of benzene rings is 2. The fourth-order valence-electron chi connectivity index (χ4n) is 4.04. The van der Waals surface area contributed by atoms with Crippen LogP contribution in [0.4, 0.5) is 5.13 Å². The van der Waals surface area contributed by atoms with Gasteiger partial charge >= 0.3 is 0 Å². The molecule has 7 heteroatoms. The molecule has 2 aliphatic heterocycles. The van der Waals surface area contributed by atoms with E-state index in [0.717, 1.165) is 58.0 Å². The van der Waals surface area contributed by atoms with E-state index in [9.17, 15) is 0 Å². The molecule has 2 aromatic carbocycles. The second-order valence-electron chi connectivity index (χ2n) is 7.73. The highest BCUT2D eigenvalue weighted by atomic mass is 35.5. The quantitative estimate of drug-likeness (QED) is 0.624. The van der Waals surface area contributed by atoms with Crippen molar-refractivity contribution in [2.75, 3.05) is 38.1 Å². The maximum absolute atomic E-state index is 6.23. The molecule has 29 heavy (non-hydrogen) atoms. The van der Waals surface area contributed by atoms with Gasteiger partial charge in [0.05, 0.1) is 9.72 Å². The average Bonchev–Trinajstić information content (AvgIpc) is 3.18. The van der Waals surface area contributed by atoms with Crippen molar-refractivity contribution >= 4 is 38.3 Å². The van der Waals surface area contributed by atoms with Crippen LogP contribution in [0, 0.1) is 5.92 Å². The third kappa shape index (κ3) is 4.29. The number of aromatic nitrogens is 1. The molecule has 152 valence electrons. The lowest BCUT2D eigenvalue weighted by molar-refractivity contribution is 0.0485. The van der Waals surface area contributed by atoms with Gasteiger partial charge in [0.2, 0.25) is 0 Å². The minimum atomic E-state index is 0.104. The number of fused-ring (bicyclic) bond motifs is 2. The van der Waals surface area contributed by atoms with E-state index in [4.69, 9.17) is 21.1 Å². The number of halogens is 1. The zero-order valence-corrected chi connectivity index (χ0v) is 17.7. The number of ether oxygens (including phenoxy) is 2. The summed E-state index contributed by atoms with van der Waals surface area (Å²) in [6.45, 7) is 4.70. The molecule has 0 spiro atoms. The highest BCUT2D eigenvalue weighted by Gasteiger charge is 2.26. The van der Waals surface area contributed by atoms with Gasteiger partial charge in [-0.2, -0.15) is 0 Å². The van der Waals surface area contributed by atoms with Crippen molar-refractivity contribution in [3.8, 4) is 11.5 Å². The zero-order valence-electron chi connectivity index (χ0n) is 16.1. The second kappa shape index (κ2) is 8.38. The first kappa shape index (κ1) is 19.0.